The van der Waals surface area contributed by atoms with Gasteiger partial charge in [0.15, 0.2) is 5.78 Å². The SMILES string of the molecule is [N-]=[N+]=C1C(=O)CC(=O)C12CCCCC2. The maximum atomic E-state index is 11.7. The van der Waals surface area contributed by atoms with E-state index in [-0.39, 0.29) is 23.7 Å². The second-order valence-electron chi connectivity index (χ2n) is 4.11. The summed E-state index contributed by atoms with van der Waals surface area (Å²) in [7, 11) is 0. The highest BCUT2D eigenvalue weighted by molar-refractivity contribution is 6.51. The van der Waals surface area contributed by atoms with E-state index in [1.807, 2.05) is 0 Å². The summed E-state index contributed by atoms with van der Waals surface area (Å²) in [6.45, 7) is 0. The topological polar surface area (TPSA) is 70.5 Å². The Morgan fingerprint density at radius 2 is 1.79 bits per heavy atom. The third kappa shape index (κ3) is 1.07. The number of hydrogen-bond acceptors (Lipinski definition) is 2. The van der Waals surface area contributed by atoms with E-state index in [4.69, 9.17) is 5.53 Å². The molecule has 2 rings (SSSR count). The molecule has 0 aromatic carbocycles. The summed E-state index contributed by atoms with van der Waals surface area (Å²) in [5, 5.41) is 0. The summed E-state index contributed by atoms with van der Waals surface area (Å²) in [6, 6.07) is 0. The predicted octanol–water partition coefficient (Wildman–Crippen LogP) is 1.15. The zero-order valence-corrected chi connectivity index (χ0v) is 7.95. The minimum absolute atomic E-state index is 0.0463. The van der Waals surface area contributed by atoms with E-state index >= 15 is 0 Å². The summed E-state index contributed by atoms with van der Waals surface area (Å²) in [5.41, 5.74) is 8.18. The highest BCUT2D eigenvalue weighted by atomic mass is 16.2. The summed E-state index contributed by atoms with van der Waals surface area (Å²) in [5.74, 6) is -0.339. The van der Waals surface area contributed by atoms with E-state index in [9.17, 15) is 9.59 Å². The third-order valence-electron chi connectivity index (χ3n) is 3.38. The van der Waals surface area contributed by atoms with Crippen LogP contribution < -0.4 is 0 Å². The zero-order valence-electron chi connectivity index (χ0n) is 7.95. The summed E-state index contributed by atoms with van der Waals surface area (Å²) >= 11 is 0. The highest BCUT2D eigenvalue weighted by Crippen LogP contribution is 2.42. The first kappa shape index (κ1) is 9.28. The predicted molar refractivity (Wildman–Crippen MR) is 48.8 cm³/mol. The van der Waals surface area contributed by atoms with Crippen molar-refractivity contribution in [2.24, 2.45) is 5.41 Å². The number of Topliss-reactive ketones (excluding diaryl/α,β-unsaturated/α-hetero) is 2. The van der Waals surface area contributed by atoms with Gasteiger partial charge in [-0.3, -0.25) is 9.59 Å². The van der Waals surface area contributed by atoms with Gasteiger partial charge in [-0.15, -0.1) is 0 Å². The maximum Gasteiger partial charge on any atom is 0.348 e. The highest BCUT2D eigenvalue weighted by Gasteiger charge is 2.58. The van der Waals surface area contributed by atoms with E-state index < -0.39 is 5.41 Å². The van der Waals surface area contributed by atoms with Gasteiger partial charge in [0.05, 0.1) is 6.42 Å². The number of ketones is 2. The molecule has 2 saturated carbocycles. The van der Waals surface area contributed by atoms with Gasteiger partial charge in [0.2, 0.25) is 5.78 Å². The van der Waals surface area contributed by atoms with Gasteiger partial charge in [0, 0.05) is 0 Å². The molecule has 14 heavy (non-hydrogen) atoms. The minimum atomic E-state index is -0.718. The fraction of sp³-hybridized carbons (Fsp3) is 0.700. The molecule has 0 aliphatic heterocycles. The van der Waals surface area contributed by atoms with Gasteiger partial charge in [0.1, 0.15) is 5.41 Å². The van der Waals surface area contributed by atoms with Gasteiger partial charge < -0.3 is 5.53 Å². The van der Waals surface area contributed by atoms with E-state index in [0.717, 1.165) is 19.3 Å². The van der Waals surface area contributed by atoms with Crippen LogP contribution in [0, 0.1) is 5.41 Å². The molecule has 0 atom stereocenters. The first-order valence-electron chi connectivity index (χ1n) is 5.00. The Morgan fingerprint density at radius 3 is 2.36 bits per heavy atom. The monoisotopic (exact) mass is 192 g/mol. The first-order valence-corrected chi connectivity index (χ1v) is 5.00. The molecular formula is C10H12N2O2. The standard InChI is InChI=1S/C10H12N2O2/c11-12-9-7(13)6-8(14)10(9)4-2-1-3-5-10/h1-6H2. The van der Waals surface area contributed by atoms with Crippen LogP contribution in [0.25, 0.3) is 5.53 Å². The Labute approximate surface area is 81.9 Å². The molecule has 0 saturated heterocycles. The number of nitrogens with zero attached hydrogens (tertiary/aromatic N) is 2. The molecule has 2 aliphatic carbocycles. The number of rotatable bonds is 0. The largest absolute Gasteiger partial charge is 0.361 e. The quantitative estimate of drug-likeness (QED) is 0.328. The van der Waals surface area contributed by atoms with Crippen molar-refractivity contribution in [1.29, 1.82) is 0 Å². The van der Waals surface area contributed by atoms with Crippen LogP contribution in [0.15, 0.2) is 0 Å². The molecule has 74 valence electrons. The van der Waals surface area contributed by atoms with Crippen LogP contribution >= 0.6 is 0 Å². The van der Waals surface area contributed by atoms with Crippen LogP contribution in [0.5, 0.6) is 0 Å². The molecule has 0 unspecified atom stereocenters. The average Bonchev–Trinajstić information content (AvgIpc) is 2.40. The van der Waals surface area contributed by atoms with Gasteiger partial charge in [-0.05, 0) is 12.8 Å². The van der Waals surface area contributed by atoms with Gasteiger partial charge in [-0.25, -0.2) is 0 Å². The molecular weight excluding hydrogens is 180 g/mol. The fourth-order valence-electron chi connectivity index (χ4n) is 2.62. The lowest BCUT2D eigenvalue weighted by Crippen LogP contribution is -2.37. The molecule has 0 aromatic heterocycles. The molecule has 1 spiro atoms. The molecule has 0 radical (unpaired) electrons. The average molecular weight is 192 g/mol. The molecule has 2 fully saturated rings. The summed E-state index contributed by atoms with van der Waals surface area (Å²) < 4.78 is 0. The Bertz CT molecular complexity index is 347. The van der Waals surface area contributed by atoms with Crippen LogP contribution in [0.4, 0.5) is 0 Å². The first-order chi connectivity index (χ1) is 6.70. The Morgan fingerprint density at radius 1 is 1.14 bits per heavy atom. The lowest BCUT2D eigenvalue weighted by Gasteiger charge is -2.26. The zero-order chi connectivity index (χ0) is 10.2. The number of hydrogen-bond donors (Lipinski definition) is 0. The summed E-state index contributed by atoms with van der Waals surface area (Å²) in [6.07, 6.45) is 4.27. The smallest absolute Gasteiger partial charge is 0.348 e. The van der Waals surface area contributed by atoms with Crippen LogP contribution in [0.3, 0.4) is 0 Å². The number of carbonyl (C=O) groups excluding carboxylic acids is 2. The van der Waals surface area contributed by atoms with Crippen LogP contribution in [0.1, 0.15) is 38.5 Å². The van der Waals surface area contributed by atoms with Gasteiger partial charge in [0.25, 0.3) is 0 Å². The van der Waals surface area contributed by atoms with Crippen molar-refractivity contribution in [3.8, 4) is 0 Å². The van der Waals surface area contributed by atoms with Gasteiger partial charge in [-0.2, -0.15) is 4.79 Å². The number of carbonyl (C=O) groups is 2. The Hall–Kier alpha value is -1.28. The second-order valence-corrected chi connectivity index (χ2v) is 4.11. The molecule has 2 aliphatic rings. The maximum absolute atomic E-state index is 11.7. The normalized spacial score (nSPS) is 25.6. The second kappa shape index (κ2) is 3.14. The molecule has 0 bridgehead atoms. The van der Waals surface area contributed by atoms with Crippen LogP contribution in [-0.4, -0.2) is 22.1 Å². The van der Waals surface area contributed by atoms with Crippen molar-refractivity contribution in [1.82, 2.24) is 0 Å². The molecule has 0 amide bonds. The third-order valence-corrected chi connectivity index (χ3v) is 3.38. The minimum Gasteiger partial charge on any atom is -0.361 e. The van der Waals surface area contributed by atoms with Crippen molar-refractivity contribution in [3.05, 3.63) is 5.53 Å². The Balaban J connectivity index is 2.44. The van der Waals surface area contributed by atoms with Crippen LogP contribution in [0.2, 0.25) is 0 Å². The Kier molecular flexibility index (Phi) is 2.08. The lowest BCUT2D eigenvalue weighted by molar-refractivity contribution is -0.126. The lowest BCUT2D eigenvalue weighted by atomic mass is 9.71. The fourth-order valence-corrected chi connectivity index (χ4v) is 2.62. The molecule has 4 heteroatoms. The van der Waals surface area contributed by atoms with Crippen molar-refractivity contribution < 1.29 is 14.4 Å². The molecule has 4 nitrogen and oxygen atoms in total. The van der Waals surface area contributed by atoms with Crippen molar-refractivity contribution in [3.63, 3.8) is 0 Å². The molecule has 0 aromatic rings. The van der Waals surface area contributed by atoms with Crippen LogP contribution in [-0.2, 0) is 9.59 Å². The van der Waals surface area contributed by atoms with E-state index in [1.54, 1.807) is 0 Å². The van der Waals surface area contributed by atoms with Gasteiger partial charge in [-0.1, -0.05) is 19.3 Å². The van der Waals surface area contributed by atoms with Crippen molar-refractivity contribution >= 4 is 17.3 Å². The molecule has 0 N–H and O–H groups in total. The van der Waals surface area contributed by atoms with Gasteiger partial charge >= 0.3 is 5.71 Å². The summed E-state index contributed by atoms with van der Waals surface area (Å²) in [4.78, 5) is 26.1. The van der Waals surface area contributed by atoms with E-state index in [2.05, 4.69) is 4.79 Å². The van der Waals surface area contributed by atoms with Crippen molar-refractivity contribution in [2.45, 2.75) is 38.5 Å². The van der Waals surface area contributed by atoms with E-state index in [0.29, 0.717) is 12.8 Å². The molecule has 0 heterocycles. The van der Waals surface area contributed by atoms with Crippen molar-refractivity contribution in [2.75, 3.05) is 0 Å². The van der Waals surface area contributed by atoms with E-state index in [1.165, 1.54) is 0 Å².